The van der Waals surface area contributed by atoms with Gasteiger partial charge >= 0.3 is 5.97 Å². The van der Waals surface area contributed by atoms with Crippen molar-refractivity contribution in [3.05, 3.63) is 29.8 Å². The molecular formula is C16H22N2O5S. The van der Waals surface area contributed by atoms with Crippen LogP contribution in [-0.2, 0) is 14.8 Å². The molecule has 1 aromatic carbocycles. The molecule has 2 N–H and O–H groups in total. The number of hydrogen-bond acceptors (Lipinski definition) is 4. The Morgan fingerprint density at radius 1 is 1.33 bits per heavy atom. The first-order valence-electron chi connectivity index (χ1n) is 7.86. The monoisotopic (exact) mass is 354 g/mol. The predicted molar refractivity (Wildman–Crippen MR) is 88.2 cm³/mol. The zero-order chi connectivity index (χ0) is 17.7. The van der Waals surface area contributed by atoms with E-state index in [-0.39, 0.29) is 22.8 Å². The molecule has 1 amide bonds. The van der Waals surface area contributed by atoms with Gasteiger partial charge in [-0.3, -0.25) is 9.59 Å². The zero-order valence-corrected chi connectivity index (χ0v) is 14.4. The van der Waals surface area contributed by atoms with Crippen LogP contribution >= 0.6 is 0 Å². The number of carboxylic acid groups (broad SMARTS) is 1. The molecule has 2 rings (SSSR count). The molecule has 1 aliphatic carbocycles. The average molecular weight is 354 g/mol. The van der Waals surface area contributed by atoms with Gasteiger partial charge < -0.3 is 10.0 Å². The van der Waals surface area contributed by atoms with Crippen LogP contribution in [0.25, 0.3) is 0 Å². The zero-order valence-electron chi connectivity index (χ0n) is 13.6. The van der Waals surface area contributed by atoms with Crippen molar-refractivity contribution in [1.29, 1.82) is 0 Å². The van der Waals surface area contributed by atoms with Gasteiger partial charge in [-0.2, -0.15) is 0 Å². The van der Waals surface area contributed by atoms with Gasteiger partial charge in [0.05, 0.1) is 4.90 Å². The van der Waals surface area contributed by atoms with Crippen LogP contribution in [0.15, 0.2) is 29.2 Å². The molecule has 24 heavy (non-hydrogen) atoms. The number of carboxylic acids is 1. The van der Waals surface area contributed by atoms with E-state index < -0.39 is 16.0 Å². The second-order valence-corrected chi connectivity index (χ2v) is 7.81. The summed E-state index contributed by atoms with van der Waals surface area (Å²) in [7, 11) is -2.06. The van der Waals surface area contributed by atoms with Crippen molar-refractivity contribution in [3.63, 3.8) is 0 Å². The van der Waals surface area contributed by atoms with Gasteiger partial charge in [-0.05, 0) is 43.4 Å². The van der Waals surface area contributed by atoms with E-state index >= 15 is 0 Å². The Bertz CT molecular complexity index is 713. The van der Waals surface area contributed by atoms with Gasteiger partial charge in [0.1, 0.15) is 0 Å². The Morgan fingerprint density at radius 2 is 2.04 bits per heavy atom. The standard InChI is InChI=1S/C16H22N2O5S/c1-18(9-3-6-15(19)20)16(21)13-4-2-5-14(10-13)24(22,23)17-11-12-7-8-12/h2,4-5,10,12,17H,3,6-9,11H2,1H3,(H,19,20). The summed E-state index contributed by atoms with van der Waals surface area (Å²) >= 11 is 0. The number of hydrogen-bond donors (Lipinski definition) is 2. The fourth-order valence-electron chi connectivity index (χ4n) is 2.22. The number of benzene rings is 1. The molecule has 0 saturated heterocycles. The minimum Gasteiger partial charge on any atom is -0.481 e. The second-order valence-electron chi connectivity index (χ2n) is 6.05. The Balaban J connectivity index is 2.02. The lowest BCUT2D eigenvalue weighted by molar-refractivity contribution is -0.137. The van der Waals surface area contributed by atoms with Crippen LogP contribution in [0.1, 0.15) is 36.0 Å². The summed E-state index contributed by atoms with van der Waals surface area (Å²) in [5.74, 6) is -0.824. The summed E-state index contributed by atoms with van der Waals surface area (Å²) < 4.78 is 27.1. The highest BCUT2D eigenvalue weighted by molar-refractivity contribution is 7.89. The summed E-state index contributed by atoms with van der Waals surface area (Å²) in [5.41, 5.74) is 0.266. The Morgan fingerprint density at radius 3 is 2.67 bits per heavy atom. The minimum absolute atomic E-state index is 0.0167. The molecule has 7 nitrogen and oxygen atoms in total. The molecule has 0 aliphatic heterocycles. The number of nitrogens with zero attached hydrogens (tertiary/aromatic N) is 1. The molecule has 0 radical (unpaired) electrons. The normalized spacial score (nSPS) is 14.4. The highest BCUT2D eigenvalue weighted by atomic mass is 32.2. The molecule has 1 aliphatic rings. The first-order chi connectivity index (χ1) is 11.3. The molecule has 1 aromatic rings. The van der Waals surface area contributed by atoms with Crippen LogP contribution in [0.2, 0.25) is 0 Å². The SMILES string of the molecule is CN(CCCC(=O)O)C(=O)c1cccc(S(=O)(=O)NCC2CC2)c1. The predicted octanol–water partition coefficient (Wildman–Crippen LogP) is 1.31. The Kier molecular flexibility index (Phi) is 5.95. The number of amides is 1. The molecule has 1 fully saturated rings. The maximum atomic E-state index is 12.3. The van der Waals surface area contributed by atoms with Gasteiger partial charge in [0.2, 0.25) is 10.0 Å². The lowest BCUT2D eigenvalue weighted by atomic mass is 10.2. The fourth-order valence-corrected chi connectivity index (χ4v) is 3.38. The van der Waals surface area contributed by atoms with E-state index in [9.17, 15) is 18.0 Å². The van der Waals surface area contributed by atoms with Crippen molar-refractivity contribution in [1.82, 2.24) is 9.62 Å². The average Bonchev–Trinajstić information content (AvgIpc) is 3.36. The lowest BCUT2D eigenvalue weighted by Crippen LogP contribution is -2.29. The first-order valence-corrected chi connectivity index (χ1v) is 9.35. The lowest BCUT2D eigenvalue weighted by Gasteiger charge is -2.17. The first kappa shape index (κ1) is 18.4. The summed E-state index contributed by atoms with van der Waals surface area (Å²) in [5, 5.41) is 8.62. The molecule has 8 heteroatoms. The smallest absolute Gasteiger partial charge is 0.303 e. The van der Waals surface area contributed by atoms with E-state index in [0.717, 1.165) is 12.8 Å². The third kappa shape index (κ3) is 5.31. The van der Waals surface area contributed by atoms with Crippen molar-refractivity contribution >= 4 is 21.9 Å². The van der Waals surface area contributed by atoms with E-state index in [1.807, 2.05) is 0 Å². The maximum absolute atomic E-state index is 12.3. The molecular weight excluding hydrogens is 332 g/mol. The molecule has 132 valence electrons. The van der Waals surface area contributed by atoms with Gasteiger partial charge in [0, 0.05) is 32.1 Å². The van der Waals surface area contributed by atoms with Crippen LogP contribution in [-0.4, -0.2) is 50.4 Å². The van der Waals surface area contributed by atoms with Gasteiger partial charge in [-0.15, -0.1) is 0 Å². The molecule has 1 saturated carbocycles. The second kappa shape index (κ2) is 7.76. The van der Waals surface area contributed by atoms with E-state index in [2.05, 4.69) is 4.72 Å². The number of nitrogens with one attached hydrogen (secondary N) is 1. The van der Waals surface area contributed by atoms with E-state index in [4.69, 9.17) is 5.11 Å². The number of carbonyl (C=O) groups excluding carboxylic acids is 1. The Labute approximate surface area is 141 Å². The third-order valence-electron chi connectivity index (χ3n) is 3.88. The van der Waals surface area contributed by atoms with Crippen LogP contribution in [0.5, 0.6) is 0 Å². The highest BCUT2D eigenvalue weighted by Gasteiger charge is 2.24. The summed E-state index contributed by atoms with van der Waals surface area (Å²) in [6.07, 6.45) is 2.42. The van der Waals surface area contributed by atoms with Gasteiger partial charge in [-0.1, -0.05) is 6.07 Å². The van der Waals surface area contributed by atoms with Crippen LogP contribution in [0.3, 0.4) is 0 Å². The molecule has 0 unspecified atom stereocenters. The third-order valence-corrected chi connectivity index (χ3v) is 5.30. The van der Waals surface area contributed by atoms with E-state index in [0.29, 0.717) is 25.4 Å². The Hall–Kier alpha value is -1.93. The summed E-state index contributed by atoms with van der Waals surface area (Å²) in [4.78, 5) is 24.3. The van der Waals surface area contributed by atoms with Crippen LogP contribution in [0.4, 0.5) is 0 Å². The largest absolute Gasteiger partial charge is 0.481 e. The van der Waals surface area contributed by atoms with Crippen molar-refractivity contribution in [2.75, 3.05) is 20.1 Å². The number of sulfonamides is 1. The topological polar surface area (TPSA) is 104 Å². The van der Waals surface area contributed by atoms with Crippen molar-refractivity contribution in [2.24, 2.45) is 5.92 Å². The molecule has 0 aromatic heterocycles. The van der Waals surface area contributed by atoms with Crippen LogP contribution < -0.4 is 4.72 Å². The fraction of sp³-hybridized carbons (Fsp3) is 0.500. The number of aliphatic carboxylic acids is 1. The molecule has 0 spiro atoms. The van der Waals surface area contributed by atoms with E-state index in [1.165, 1.54) is 23.1 Å². The summed E-state index contributed by atoms with van der Waals surface area (Å²) in [6, 6.07) is 5.89. The van der Waals surface area contributed by atoms with Crippen molar-refractivity contribution in [3.8, 4) is 0 Å². The molecule has 0 heterocycles. The quantitative estimate of drug-likeness (QED) is 0.696. The maximum Gasteiger partial charge on any atom is 0.303 e. The van der Waals surface area contributed by atoms with E-state index in [1.54, 1.807) is 13.1 Å². The van der Waals surface area contributed by atoms with Crippen molar-refractivity contribution in [2.45, 2.75) is 30.6 Å². The molecule has 0 bridgehead atoms. The molecule has 0 atom stereocenters. The van der Waals surface area contributed by atoms with Gasteiger partial charge in [-0.25, -0.2) is 13.1 Å². The van der Waals surface area contributed by atoms with Gasteiger partial charge in [0.15, 0.2) is 0 Å². The van der Waals surface area contributed by atoms with Gasteiger partial charge in [0.25, 0.3) is 5.91 Å². The minimum atomic E-state index is -3.62. The van der Waals surface area contributed by atoms with Crippen LogP contribution in [0, 0.1) is 5.92 Å². The summed E-state index contributed by atoms with van der Waals surface area (Å²) in [6.45, 7) is 0.720. The highest BCUT2D eigenvalue weighted by Crippen LogP contribution is 2.28. The van der Waals surface area contributed by atoms with Crippen molar-refractivity contribution < 1.29 is 23.1 Å². The number of carbonyl (C=O) groups is 2. The number of rotatable bonds is 9.